The van der Waals surface area contributed by atoms with E-state index in [9.17, 15) is 4.79 Å². The molecule has 1 aromatic heterocycles. The summed E-state index contributed by atoms with van der Waals surface area (Å²) in [6, 6.07) is 3.07. The van der Waals surface area contributed by atoms with Crippen LogP contribution in [0.25, 0.3) is 0 Å². The second kappa shape index (κ2) is 5.98. The molecule has 20 heavy (non-hydrogen) atoms. The van der Waals surface area contributed by atoms with E-state index in [1.54, 1.807) is 33.2 Å². The largest absolute Gasteiger partial charge is 0.470 e. The van der Waals surface area contributed by atoms with Crippen molar-refractivity contribution in [2.75, 3.05) is 25.1 Å². The van der Waals surface area contributed by atoms with Crippen LogP contribution in [0.15, 0.2) is 12.1 Å². The molecule has 1 heterocycles. The van der Waals surface area contributed by atoms with Crippen LogP contribution in [0.3, 0.4) is 0 Å². The molecule has 6 nitrogen and oxygen atoms in total. The zero-order chi connectivity index (χ0) is 15.5. The van der Waals surface area contributed by atoms with Gasteiger partial charge in [-0.2, -0.15) is 4.98 Å². The smallest absolute Gasteiger partial charge is 0.244 e. The average Bonchev–Trinajstić information content (AvgIpc) is 2.30. The first-order chi connectivity index (χ1) is 9.10. The fraction of sp³-hybridized carbons (Fsp3) is 0.571. The average molecular weight is 280 g/mol. The second-order valence-corrected chi connectivity index (χ2v) is 5.90. The van der Waals surface area contributed by atoms with E-state index in [4.69, 9.17) is 10.5 Å². The molecular weight excluding hydrogens is 256 g/mol. The Balaban J connectivity index is 2.87. The number of nitrogens with one attached hydrogen (secondary N) is 1. The van der Waals surface area contributed by atoms with Crippen LogP contribution < -0.4 is 15.8 Å². The molecule has 112 valence electrons. The summed E-state index contributed by atoms with van der Waals surface area (Å²) < 4.78 is 5.69. The zero-order valence-electron chi connectivity index (χ0n) is 13.0. The van der Waals surface area contributed by atoms with Gasteiger partial charge in [-0.05, 0) is 39.8 Å². The minimum atomic E-state index is -0.384. The van der Waals surface area contributed by atoms with Crippen molar-refractivity contribution in [3.05, 3.63) is 12.1 Å². The molecule has 0 fully saturated rings. The molecule has 6 heteroatoms. The molecule has 0 saturated heterocycles. The van der Waals surface area contributed by atoms with Crippen molar-refractivity contribution in [2.24, 2.45) is 0 Å². The van der Waals surface area contributed by atoms with Gasteiger partial charge in [-0.25, -0.2) is 0 Å². The molecule has 1 rings (SSSR count). The number of anilines is 2. The lowest BCUT2D eigenvalue weighted by atomic mass is 10.2. The maximum Gasteiger partial charge on any atom is 0.244 e. The van der Waals surface area contributed by atoms with Gasteiger partial charge in [0.1, 0.15) is 17.5 Å². The fourth-order valence-electron chi connectivity index (χ4n) is 1.57. The fourth-order valence-corrected chi connectivity index (χ4v) is 1.57. The summed E-state index contributed by atoms with van der Waals surface area (Å²) in [4.78, 5) is 17.6. The minimum Gasteiger partial charge on any atom is -0.470 e. The third-order valence-corrected chi connectivity index (χ3v) is 2.47. The van der Waals surface area contributed by atoms with Gasteiger partial charge < -0.3 is 20.7 Å². The lowest BCUT2D eigenvalue weighted by Gasteiger charge is -2.23. The van der Waals surface area contributed by atoms with Crippen LogP contribution in [0, 0.1) is 0 Å². The topological polar surface area (TPSA) is 80.5 Å². The number of likely N-dealkylation sites (N-methyl/N-ethyl adjacent to an activating group) is 1. The summed E-state index contributed by atoms with van der Waals surface area (Å²) >= 11 is 0. The van der Waals surface area contributed by atoms with E-state index in [0.717, 1.165) is 0 Å². The third kappa shape index (κ3) is 4.60. The van der Waals surface area contributed by atoms with Gasteiger partial charge in [0.25, 0.3) is 0 Å². The highest BCUT2D eigenvalue weighted by atomic mass is 16.5. The molecule has 0 aliphatic rings. The number of pyridine rings is 1. The number of nitrogens with zero attached hydrogens (tertiary/aromatic N) is 2. The molecule has 0 aliphatic heterocycles. The Bertz CT molecular complexity index is 481. The normalized spacial score (nSPS) is 12.7. The van der Waals surface area contributed by atoms with Crippen molar-refractivity contribution in [1.29, 1.82) is 0 Å². The SMILES string of the molecule is CC(Nc1ccc(N)c(OC(C)(C)C)n1)C(=O)N(C)C. The van der Waals surface area contributed by atoms with Crippen LogP contribution in [-0.2, 0) is 4.79 Å². The van der Waals surface area contributed by atoms with E-state index >= 15 is 0 Å². The number of nitrogen functional groups attached to an aromatic ring is 1. The number of ether oxygens (including phenoxy) is 1. The van der Waals surface area contributed by atoms with Gasteiger partial charge in [0.15, 0.2) is 0 Å². The Morgan fingerprint density at radius 2 is 2.00 bits per heavy atom. The van der Waals surface area contributed by atoms with Crippen molar-refractivity contribution >= 4 is 17.4 Å². The summed E-state index contributed by atoms with van der Waals surface area (Å²) in [6.07, 6.45) is 0. The number of carbonyl (C=O) groups excluding carboxylic acids is 1. The summed E-state index contributed by atoms with van der Waals surface area (Å²) in [6.45, 7) is 7.55. The Morgan fingerprint density at radius 1 is 1.40 bits per heavy atom. The lowest BCUT2D eigenvalue weighted by molar-refractivity contribution is -0.129. The molecule has 1 unspecified atom stereocenters. The number of nitrogens with two attached hydrogens (primary N) is 1. The van der Waals surface area contributed by atoms with Crippen molar-refractivity contribution < 1.29 is 9.53 Å². The van der Waals surface area contributed by atoms with Crippen LogP contribution in [0.1, 0.15) is 27.7 Å². The number of hydrogen-bond acceptors (Lipinski definition) is 5. The van der Waals surface area contributed by atoms with Crippen molar-refractivity contribution in [3.8, 4) is 5.88 Å². The zero-order valence-corrected chi connectivity index (χ0v) is 13.0. The van der Waals surface area contributed by atoms with Crippen molar-refractivity contribution in [1.82, 2.24) is 9.88 Å². The molecule has 0 bridgehead atoms. The highest BCUT2D eigenvalue weighted by molar-refractivity contribution is 5.83. The minimum absolute atomic E-state index is 0.0260. The number of hydrogen-bond donors (Lipinski definition) is 2. The number of aromatic nitrogens is 1. The summed E-state index contributed by atoms with van der Waals surface area (Å²) in [5, 5.41) is 3.04. The molecule has 0 saturated carbocycles. The molecule has 1 aromatic rings. The van der Waals surface area contributed by atoms with E-state index in [1.165, 1.54) is 4.90 Å². The van der Waals surface area contributed by atoms with Crippen LogP contribution in [0.4, 0.5) is 11.5 Å². The van der Waals surface area contributed by atoms with Gasteiger partial charge in [-0.1, -0.05) is 0 Å². The standard InChI is InChI=1S/C14H24N4O2/c1-9(13(19)18(5)6)16-11-8-7-10(15)12(17-11)20-14(2,3)4/h7-9H,15H2,1-6H3,(H,16,17). The van der Waals surface area contributed by atoms with Crippen LogP contribution >= 0.6 is 0 Å². The van der Waals surface area contributed by atoms with E-state index in [2.05, 4.69) is 10.3 Å². The first-order valence-corrected chi connectivity index (χ1v) is 6.53. The van der Waals surface area contributed by atoms with E-state index in [1.807, 2.05) is 20.8 Å². The van der Waals surface area contributed by atoms with E-state index in [-0.39, 0.29) is 17.6 Å². The number of amides is 1. The molecule has 0 aromatic carbocycles. The molecule has 1 atom stereocenters. The molecule has 3 N–H and O–H groups in total. The van der Waals surface area contributed by atoms with E-state index < -0.39 is 0 Å². The Kier molecular flexibility index (Phi) is 4.81. The summed E-state index contributed by atoms with van der Waals surface area (Å²) in [7, 11) is 3.43. The maximum atomic E-state index is 11.8. The van der Waals surface area contributed by atoms with Crippen molar-refractivity contribution in [2.45, 2.75) is 39.3 Å². The van der Waals surface area contributed by atoms with Crippen LogP contribution in [0.2, 0.25) is 0 Å². The van der Waals surface area contributed by atoms with Crippen LogP contribution in [0.5, 0.6) is 5.88 Å². The van der Waals surface area contributed by atoms with Crippen molar-refractivity contribution in [3.63, 3.8) is 0 Å². The van der Waals surface area contributed by atoms with Gasteiger partial charge in [-0.3, -0.25) is 4.79 Å². The predicted molar refractivity (Wildman–Crippen MR) is 80.8 cm³/mol. The van der Waals surface area contributed by atoms with Gasteiger partial charge in [0, 0.05) is 14.1 Å². The predicted octanol–water partition coefficient (Wildman–Crippen LogP) is 1.73. The summed E-state index contributed by atoms with van der Waals surface area (Å²) in [5.41, 5.74) is 5.93. The Morgan fingerprint density at radius 3 is 2.50 bits per heavy atom. The molecule has 1 amide bonds. The Labute approximate surface area is 120 Å². The van der Waals surface area contributed by atoms with Gasteiger partial charge >= 0.3 is 0 Å². The molecule has 0 aliphatic carbocycles. The monoisotopic (exact) mass is 280 g/mol. The Hall–Kier alpha value is -1.98. The van der Waals surface area contributed by atoms with Crippen LogP contribution in [-0.4, -0.2) is 41.5 Å². The van der Waals surface area contributed by atoms with Gasteiger partial charge in [0.2, 0.25) is 11.8 Å². The summed E-state index contributed by atoms with van der Waals surface area (Å²) in [5.74, 6) is 0.898. The number of rotatable bonds is 4. The highest BCUT2D eigenvalue weighted by Crippen LogP contribution is 2.25. The number of carbonyl (C=O) groups is 1. The maximum absolute atomic E-state index is 11.8. The quantitative estimate of drug-likeness (QED) is 0.878. The third-order valence-electron chi connectivity index (χ3n) is 2.47. The van der Waals surface area contributed by atoms with E-state index in [0.29, 0.717) is 17.4 Å². The molecule has 0 radical (unpaired) electrons. The van der Waals surface area contributed by atoms with Gasteiger partial charge in [-0.15, -0.1) is 0 Å². The van der Waals surface area contributed by atoms with Gasteiger partial charge in [0.05, 0.1) is 5.69 Å². The first-order valence-electron chi connectivity index (χ1n) is 6.53. The highest BCUT2D eigenvalue weighted by Gasteiger charge is 2.18. The second-order valence-electron chi connectivity index (χ2n) is 5.90. The molecule has 0 spiro atoms. The molecular formula is C14H24N4O2. The lowest BCUT2D eigenvalue weighted by Crippen LogP contribution is -2.36. The first kappa shape index (κ1) is 16.1.